The first-order valence-corrected chi connectivity index (χ1v) is 13.8. The van der Waals surface area contributed by atoms with E-state index in [-0.39, 0.29) is 18.4 Å². The van der Waals surface area contributed by atoms with Crippen molar-refractivity contribution in [2.75, 3.05) is 26.2 Å². The van der Waals surface area contributed by atoms with Crippen LogP contribution in [0.3, 0.4) is 0 Å². The van der Waals surface area contributed by atoms with Crippen LogP contribution in [0.15, 0.2) is 46.0 Å². The number of likely N-dealkylation sites (tertiary alicyclic amines) is 1. The van der Waals surface area contributed by atoms with Crippen molar-refractivity contribution in [3.05, 3.63) is 46.8 Å². The Kier molecular flexibility index (Phi) is 5.85. The van der Waals surface area contributed by atoms with Gasteiger partial charge >= 0.3 is 0 Å². The molecule has 2 aromatic heterocycles. The Morgan fingerprint density at radius 2 is 1.84 bits per heavy atom. The number of sulfonamides is 1. The van der Waals surface area contributed by atoms with Gasteiger partial charge in [0.05, 0.1) is 21.1 Å². The van der Waals surface area contributed by atoms with E-state index in [1.54, 1.807) is 28.8 Å². The van der Waals surface area contributed by atoms with Crippen LogP contribution in [0.2, 0.25) is 0 Å². The van der Waals surface area contributed by atoms with Gasteiger partial charge in [0.1, 0.15) is 4.21 Å². The fourth-order valence-electron chi connectivity index (χ4n) is 4.57. The van der Waals surface area contributed by atoms with Crippen molar-refractivity contribution in [1.82, 2.24) is 14.2 Å². The molecule has 0 N–H and O–H groups in total. The van der Waals surface area contributed by atoms with E-state index >= 15 is 0 Å². The fraction of sp³-hybridized carbons (Fsp3) is 0.455. The zero-order valence-electron chi connectivity index (χ0n) is 17.1. The fourth-order valence-corrected chi connectivity index (χ4v) is 8.37. The van der Waals surface area contributed by atoms with Crippen LogP contribution in [-0.4, -0.2) is 54.7 Å². The molecule has 6 nitrogen and oxygen atoms in total. The largest absolute Gasteiger partial charge is 0.342 e. The van der Waals surface area contributed by atoms with Gasteiger partial charge in [0, 0.05) is 32.1 Å². The number of hydrogen-bond acceptors (Lipinski definition) is 6. The van der Waals surface area contributed by atoms with Gasteiger partial charge in [-0.25, -0.2) is 13.4 Å². The molecule has 0 bridgehead atoms. The molecule has 2 aliphatic heterocycles. The van der Waals surface area contributed by atoms with Crippen LogP contribution in [0.25, 0.3) is 10.2 Å². The van der Waals surface area contributed by atoms with E-state index in [4.69, 9.17) is 4.98 Å². The Morgan fingerprint density at radius 1 is 1.03 bits per heavy atom. The van der Waals surface area contributed by atoms with Crippen LogP contribution in [0.5, 0.6) is 0 Å². The third-order valence-corrected chi connectivity index (χ3v) is 10.7. The molecule has 9 heteroatoms. The average Bonchev–Trinajstić information content (AvgIpc) is 3.49. The second-order valence-electron chi connectivity index (χ2n) is 8.25. The zero-order valence-corrected chi connectivity index (χ0v) is 19.6. The summed E-state index contributed by atoms with van der Waals surface area (Å²) in [5.41, 5.74) is 1.05. The lowest BCUT2D eigenvalue weighted by Gasteiger charge is -2.37. The first kappa shape index (κ1) is 21.1. The molecule has 0 aliphatic carbocycles. The summed E-state index contributed by atoms with van der Waals surface area (Å²) < 4.78 is 28.8. The molecule has 1 aromatic carbocycles. The van der Waals surface area contributed by atoms with Crippen molar-refractivity contribution >= 4 is 48.8 Å². The Bertz CT molecular complexity index is 1130. The highest BCUT2D eigenvalue weighted by atomic mass is 32.2. The minimum absolute atomic E-state index is 0.105. The summed E-state index contributed by atoms with van der Waals surface area (Å²) in [7, 11) is -3.50. The van der Waals surface area contributed by atoms with Crippen LogP contribution >= 0.6 is 22.7 Å². The van der Waals surface area contributed by atoms with Gasteiger partial charge in [-0.15, -0.1) is 22.7 Å². The van der Waals surface area contributed by atoms with Gasteiger partial charge in [-0.2, -0.15) is 4.31 Å². The number of carbonyl (C=O) groups excluding carboxylic acids is 1. The molecular weight excluding hydrogens is 450 g/mol. The third-order valence-electron chi connectivity index (χ3n) is 6.29. The number of para-hydroxylation sites is 1. The molecule has 4 heterocycles. The van der Waals surface area contributed by atoms with Crippen molar-refractivity contribution in [1.29, 1.82) is 0 Å². The van der Waals surface area contributed by atoms with Gasteiger partial charge in [0.2, 0.25) is 5.91 Å². The Morgan fingerprint density at radius 3 is 2.58 bits per heavy atom. The minimum atomic E-state index is -3.50. The molecular formula is C22H25N3O3S3. The number of fused-ring (bicyclic) bond motifs is 1. The number of thiophene rings is 1. The van der Waals surface area contributed by atoms with Crippen LogP contribution < -0.4 is 0 Å². The van der Waals surface area contributed by atoms with E-state index in [0.717, 1.165) is 31.2 Å². The molecule has 164 valence electrons. The Hall–Kier alpha value is -1.81. The van der Waals surface area contributed by atoms with Crippen molar-refractivity contribution in [3.63, 3.8) is 0 Å². The van der Waals surface area contributed by atoms with Crippen LogP contribution in [0.4, 0.5) is 0 Å². The molecule has 5 rings (SSSR count). The summed E-state index contributed by atoms with van der Waals surface area (Å²) in [6.07, 6.45) is 3.31. The highest BCUT2D eigenvalue weighted by Gasteiger charge is 2.36. The Labute approximate surface area is 190 Å². The SMILES string of the molecule is O=C([C@H]1CCCN(S(=O)(=O)c2cccs2)C1)N1CCC(c2nc3ccccc3s2)CC1. The predicted octanol–water partition coefficient (Wildman–Crippen LogP) is 4.16. The maximum Gasteiger partial charge on any atom is 0.252 e. The maximum absolute atomic E-state index is 13.2. The van der Waals surface area contributed by atoms with Gasteiger partial charge in [0.25, 0.3) is 10.0 Å². The first-order valence-electron chi connectivity index (χ1n) is 10.7. The summed E-state index contributed by atoms with van der Waals surface area (Å²) in [6, 6.07) is 11.6. The smallest absolute Gasteiger partial charge is 0.252 e. The van der Waals surface area contributed by atoms with Crippen LogP contribution in [-0.2, 0) is 14.8 Å². The molecule has 1 atom stereocenters. The van der Waals surface area contributed by atoms with Crippen molar-refractivity contribution < 1.29 is 13.2 Å². The summed E-state index contributed by atoms with van der Waals surface area (Å²) in [6.45, 7) is 2.21. The van der Waals surface area contributed by atoms with E-state index in [0.29, 0.717) is 29.8 Å². The Balaban J connectivity index is 1.22. The van der Waals surface area contributed by atoms with Gasteiger partial charge in [-0.05, 0) is 49.3 Å². The molecule has 31 heavy (non-hydrogen) atoms. The molecule has 0 radical (unpaired) electrons. The molecule has 0 saturated carbocycles. The number of nitrogens with zero attached hydrogens (tertiary/aromatic N) is 3. The number of thiazole rings is 1. The number of rotatable bonds is 4. The van der Waals surface area contributed by atoms with E-state index < -0.39 is 10.0 Å². The highest BCUT2D eigenvalue weighted by molar-refractivity contribution is 7.91. The van der Waals surface area contributed by atoms with Gasteiger partial charge in [-0.3, -0.25) is 4.79 Å². The molecule has 0 unspecified atom stereocenters. The number of hydrogen-bond donors (Lipinski definition) is 0. The molecule has 3 aromatic rings. The summed E-state index contributed by atoms with van der Waals surface area (Å²) in [5, 5.41) is 2.94. The van der Waals surface area contributed by atoms with Crippen molar-refractivity contribution in [2.24, 2.45) is 5.92 Å². The number of carbonyl (C=O) groups is 1. The first-order chi connectivity index (χ1) is 15.0. The minimum Gasteiger partial charge on any atom is -0.342 e. The monoisotopic (exact) mass is 475 g/mol. The number of amides is 1. The average molecular weight is 476 g/mol. The van der Waals surface area contributed by atoms with E-state index in [2.05, 4.69) is 6.07 Å². The molecule has 2 saturated heterocycles. The molecule has 2 fully saturated rings. The van der Waals surface area contributed by atoms with E-state index in [9.17, 15) is 13.2 Å². The lowest BCUT2D eigenvalue weighted by atomic mass is 9.93. The predicted molar refractivity (Wildman–Crippen MR) is 124 cm³/mol. The lowest BCUT2D eigenvalue weighted by molar-refractivity contribution is -0.137. The number of aromatic nitrogens is 1. The quantitative estimate of drug-likeness (QED) is 0.568. The second-order valence-corrected chi connectivity index (χ2v) is 12.4. The summed E-state index contributed by atoms with van der Waals surface area (Å²) in [5.74, 6) is 0.250. The number of piperidine rings is 2. The third kappa shape index (κ3) is 4.16. The summed E-state index contributed by atoms with van der Waals surface area (Å²) >= 11 is 2.99. The summed E-state index contributed by atoms with van der Waals surface area (Å²) in [4.78, 5) is 19.9. The van der Waals surface area contributed by atoms with Crippen LogP contribution in [0, 0.1) is 5.92 Å². The molecule has 0 spiro atoms. The standard InChI is InChI=1S/C22H25N3O3S3/c26-22(17-5-3-11-25(15-17)31(27,28)20-8-4-14-29-20)24-12-9-16(10-13-24)21-23-18-6-1-2-7-19(18)30-21/h1-2,4,6-8,14,16-17H,3,5,9-13,15H2/t17-/m0/s1. The normalized spacial score (nSPS) is 21.5. The lowest BCUT2D eigenvalue weighted by Crippen LogP contribution is -2.48. The highest BCUT2D eigenvalue weighted by Crippen LogP contribution is 2.35. The van der Waals surface area contributed by atoms with E-state index in [1.807, 2.05) is 23.1 Å². The maximum atomic E-state index is 13.2. The zero-order chi connectivity index (χ0) is 21.4. The molecule has 2 aliphatic rings. The van der Waals surface area contributed by atoms with Gasteiger partial charge < -0.3 is 4.90 Å². The van der Waals surface area contributed by atoms with Gasteiger partial charge in [-0.1, -0.05) is 18.2 Å². The molecule has 1 amide bonds. The van der Waals surface area contributed by atoms with Gasteiger partial charge in [0.15, 0.2) is 0 Å². The van der Waals surface area contributed by atoms with Crippen molar-refractivity contribution in [3.8, 4) is 0 Å². The second kappa shape index (κ2) is 8.61. The van der Waals surface area contributed by atoms with E-state index in [1.165, 1.54) is 25.3 Å². The van der Waals surface area contributed by atoms with Crippen LogP contribution in [0.1, 0.15) is 36.6 Å². The number of benzene rings is 1. The van der Waals surface area contributed by atoms with Crippen molar-refractivity contribution in [2.45, 2.75) is 35.8 Å². The topological polar surface area (TPSA) is 70.6 Å².